The van der Waals surface area contributed by atoms with E-state index in [0.29, 0.717) is 31.1 Å². The summed E-state index contributed by atoms with van der Waals surface area (Å²) in [7, 11) is 5.24. The van der Waals surface area contributed by atoms with E-state index in [-0.39, 0.29) is 5.56 Å². The van der Waals surface area contributed by atoms with Crippen molar-refractivity contribution in [2.24, 2.45) is 0 Å². The summed E-state index contributed by atoms with van der Waals surface area (Å²) in [6.45, 7) is 5.75. The molecule has 0 amide bonds. The number of ether oxygens (including phenoxy) is 2. The number of aromatic nitrogens is 2. The minimum absolute atomic E-state index is 0.00315. The molecule has 0 spiro atoms. The monoisotopic (exact) mass is 463 g/mol. The van der Waals surface area contributed by atoms with Crippen LogP contribution in [0.3, 0.4) is 0 Å². The van der Waals surface area contributed by atoms with E-state index in [1.54, 1.807) is 25.6 Å². The fraction of sp³-hybridized carbons (Fsp3) is 0.308. The number of pyridine rings is 1. The molecule has 0 saturated heterocycles. The Morgan fingerprint density at radius 2 is 1.70 bits per heavy atom. The van der Waals surface area contributed by atoms with Gasteiger partial charge in [-0.3, -0.25) is 9.69 Å². The van der Waals surface area contributed by atoms with Crippen LogP contribution in [0.2, 0.25) is 0 Å². The first-order valence-corrected chi connectivity index (χ1v) is 11.7. The first-order chi connectivity index (χ1) is 15.9. The summed E-state index contributed by atoms with van der Waals surface area (Å²) in [5.74, 6) is 1.24. The molecule has 4 aromatic rings. The fourth-order valence-electron chi connectivity index (χ4n) is 4.02. The molecule has 0 aliphatic heterocycles. The Balaban J connectivity index is 1.78. The Morgan fingerprint density at radius 1 is 1.00 bits per heavy atom. The van der Waals surface area contributed by atoms with Crippen molar-refractivity contribution >= 4 is 22.2 Å². The number of nitrogens with zero attached hydrogens (tertiary/aromatic N) is 3. The summed E-state index contributed by atoms with van der Waals surface area (Å²) in [4.78, 5) is 20.3. The Bertz CT molecular complexity index is 1330. The highest BCUT2D eigenvalue weighted by Crippen LogP contribution is 2.32. The fourth-order valence-corrected chi connectivity index (χ4v) is 4.62. The Labute approximate surface area is 198 Å². The van der Waals surface area contributed by atoms with E-state index in [1.165, 1.54) is 5.56 Å². The summed E-state index contributed by atoms with van der Waals surface area (Å²) < 4.78 is 12.9. The van der Waals surface area contributed by atoms with Crippen LogP contribution < -0.4 is 15.0 Å². The number of methoxy groups -OCH3 is 2. The Morgan fingerprint density at radius 3 is 2.33 bits per heavy atom. The van der Waals surface area contributed by atoms with Gasteiger partial charge >= 0.3 is 0 Å². The summed E-state index contributed by atoms with van der Waals surface area (Å²) in [6, 6.07) is 14.1. The van der Waals surface area contributed by atoms with Crippen LogP contribution in [0.5, 0.6) is 11.5 Å². The number of fused-ring (bicyclic) bond motifs is 1. The van der Waals surface area contributed by atoms with Gasteiger partial charge in [0.25, 0.3) is 5.56 Å². The molecule has 172 valence electrons. The van der Waals surface area contributed by atoms with Crippen molar-refractivity contribution in [3.63, 3.8) is 0 Å². The molecule has 0 atom stereocenters. The van der Waals surface area contributed by atoms with Gasteiger partial charge in [-0.25, -0.2) is 4.98 Å². The quantitative estimate of drug-likeness (QED) is 0.377. The average molecular weight is 464 g/mol. The second-order valence-electron chi connectivity index (χ2n) is 8.34. The average Bonchev–Trinajstić information content (AvgIpc) is 3.21. The number of benzene rings is 2. The molecule has 0 aliphatic rings. The van der Waals surface area contributed by atoms with E-state index in [0.717, 1.165) is 32.7 Å². The van der Waals surface area contributed by atoms with Gasteiger partial charge in [0.15, 0.2) is 11.5 Å². The van der Waals surface area contributed by atoms with Crippen LogP contribution in [-0.4, -0.2) is 35.7 Å². The van der Waals surface area contributed by atoms with Crippen molar-refractivity contribution < 1.29 is 9.47 Å². The first kappa shape index (κ1) is 23.0. The van der Waals surface area contributed by atoms with Gasteiger partial charge in [-0.05, 0) is 38.6 Å². The number of rotatable bonds is 8. The second-order valence-corrected chi connectivity index (χ2v) is 9.40. The van der Waals surface area contributed by atoms with Gasteiger partial charge in [0.1, 0.15) is 0 Å². The van der Waals surface area contributed by atoms with Crippen LogP contribution >= 0.6 is 11.3 Å². The maximum absolute atomic E-state index is 13.7. The lowest BCUT2D eigenvalue weighted by molar-refractivity contribution is 0.314. The van der Waals surface area contributed by atoms with Crippen LogP contribution in [-0.2, 0) is 19.6 Å². The number of aryl methyl sites for hydroxylation is 2. The lowest BCUT2D eigenvalue weighted by Crippen LogP contribution is -2.29. The summed E-state index contributed by atoms with van der Waals surface area (Å²) in [5, 5.41) is 4.05. The minimum atomic E-state index is -0.00315. The van der Waals surface area contributed by atoms with Crippen LogP contribution in [0.4, 0.5) is 0 Å². The van der Waals surface area contributed by atoms with Crippen LogP contribution in [0.25, 0.3) is 10.9 Å². The van der Waals surface area contributed by atoms with Crippen molar-refractivity contribution in [3.05, 3.63) is 85.6 Å². The van der Waals surface area contributed by atoms with Gasteiger partial charge in [0.2, 0.25) is 0 Å². The number of hydrogen-bond donors (Lipinski definition) is 0. The van der Waals surface area contributed by atoms with E-state index >= 15 is 0 Å². The van der Waals surface area contributed by atoms with Crippen molar-refractivity contribution in [2.45, 2.75) is 33.5 Å². The zero-order valence-electron chi connectivity index (χ0n) is 19.7. The molecule has 2 aromatic carbocycles. The van der Waals surface area contributed by atoms with Crippen molar-refractivity contribution in [2.75, 3.05) is 21.3 Å². The van der Waals surface area contributed by atoms with E-state index < -0.39 is 0 Å². The second kappa shape index (κ2) is 9.77. The third kappa shape index (κ3) is 5.10. The molecule has 2 aromatic heterocycles. The van der Waals surface area contributed by atoms with Gasteiger partial charge in [-0.2, -0.15) is 0 Å². The SMILES string of the molecule is COc1cc2cc(CN(C)Cc3csc(C)n3)c(=O)n(Cc3ccc(C)cc3)c2cc1OC. The van der Waals surface area contributed by atoms with Crippen molar-refractivity contribution in [1.29, 1.82) is 0 Å². The Hall–Kier alpha value is -3.16. The molecule has 0 bridgehead atoms. The molecular formula is C26H29N3O3S. The third-order valence-electron chi connectivity index (χ3n) is 5.67. The van der Waals surface area contributed by atoms with E-state index in [2.05, 4.69) is 46.5 Å². The normalized spacial score (nSPS) is 11.3. The topological polar surface area (TPSA) is 56.6 Å². The summed E-state index contributed by atoms with van der Waals surface area (Å²) in [5.41, 5.74) is 4.83. The molecule has 2 heterocycles. The van der Waals surface area contributed by atoms with Gasteiger partial charge < -0.3 is 14.0 Å². The molecule has 0 radical (unpaired) electrons. The van der Waals surface area contributed by atoms with Gasteiger partial charge in [0, 0.05) is 35.5 Å². The lowest BCUT2D eigenvalue weighted by atomic mass is 10.1. The molecule has 0 aliphatic carbocycles. The van der Waals surface area contributed by atoms with Crippen LogP contribution in [0.15, 0.2) is 52.6 Å². The maximum Gasteiger partial charge on any atom is 0.255 e. The predicted molar refractivity (Wildman–Crippen MR) is 134 cm³/mol. The summed E-state index contributed by atoms with van der Waals surface area (Å²) >= 11 is 1.64. The predicted octanol–water partition coefficient (Wildman–Crippen LogP) is 4.77. The van der Waals surface area contributed by atoms with E-state index in [4.69, 9.17) is 9.47 Å². The molecule has 4 rings (SSSR count). The Kier molecular flexibility index (Phi) is 6.81. The highest BCUT2D eigenvalue weighted by Gasteiger charge is 2.16. The maximum atomic E-state index is 13.7. The zero-order chi connectivity index (χ0) is 23.5. The lowest BCUT2D eigenvalue weighted by Gasteiger charge is -2.19. The number of thiazole rings is 1. The standard InChI is InChI=1S/C26H29N3O3S/c1-17-6-8-19(9-7-17)13-29-23-12-25(32-5)24(31-4)11-20(23)10-21(26(29)30)14-28(3)15-22-16-33-18(2)27-22/h6-12,16H,13-15H2,1-5H3. The molecule has 7 heteroatoms. The first-order valence-electron chi connectivity index (χ1n) is 10.8. The molecule has 0 saturated carbocycles. The highest BCUT2D eigenvalue weighted by atomic mass is 32.1. The molecule has 0 unspecified atom stereocenters. The van der Waals surface area contributed by atoms with Crippen molar-refractivity contribution in [1.82, 2.24) is 14.5 Å². The van der Waals surface area contributed by atoms with E-state index in [9.17, 15) is 4.79 Å². The zero-order valence-corrected chi connectivity index (χ0v) is 20.5. The summed E-state index contributed by atoms with van der Waals surface area (Å²) in [6.07, 6.45) is 0. The largest absolute Gasteiger partial charge is 0.493 e. The van der Waals surface area contributed by atoms with Crippen molar-refractivity contribution in [3.8, 4) is 11.5 Å². The van der Waals surface area contributed by atoms with Gasteiger partial charge in [-0.15, -0.1) is 11.3 Å². The molecule has 0 N–H and O–H groups in total. The molecule has 0 fully saturated rings. The van der Waals surface area contributed by atoms with Gasteiger partial charge in [0.05, 0.1) is 37.0 Å². The molecule has 33 heavy (non-hydrogen) atoms. The smallest absolute Gasteiger partial charge is 0.255 e. The minimum Gasteiger partial charge on any atom is -0.493 e. The highest BCUT2D eigenvalue weighted by molar-refractivity contribution is 7.09. The van der Waals surface area contributed by atoms with E-state index in [1.807, 2.05) is 36.7 Å². The van der Waals surface area contributed by atoms with Crippen LogP contribution in [0, 0.1) is 13.8 Å². The van der Waals surface area contributed by atoms with Gasteiger partial charge in [-0.1, -0.05) is 29.8 Å². The molecule has 6 nitrogen and oxygen atoms in total. The number of hydrogen-bond acceptors (Lipinski definition) is 6. The van der Waals surface area contributed by atoms with Crippen LogP contribution in [0.1, 0.15) is 27.4 Å². The third-order valence-corrected chi connectivity index (χ3v) is 6.50. The molecular weight excluding hydrogens is 434 g/mol.